The summed E-state index contributed by atoms with van der Waals surface area (Å²) in [5.74, 6) is 5.93. The summed E-state index contributed by atoms with van der Waals surface area (Å²) in [7, 11) is 0. The van der Waals surface area contributed by atoms with E-state index in [1.165, 1.54) is 32.1 Å². The van der Waals surface area contributed by atoms with Crippen molar-refractivity contribution >= 4 is 0 Å². The fourth-order valence-corrected chi connectivity index (χ4v) is 2.18. The van der Waals surface area contributed by atoms with E-state index in [2.05, 4.69) is 24.1 Å². The fourth-order valence-electron chi connectivity index (χ4n) is 2.18. The van der Waals surface area contributed by atoms with Gasteiger partial charge in [-0.1, -0.05) is 6.92 Å². The molecule has 1 N–H and O–H groups in total. The second-order valence-electron chi connectivity index (χ2n) is 4.48. The average molecular weight is 223 g/mol. The smallest absolute Gasteiger partial charge is 0.0579 e. The zero-order valence-electron chi connectivity index (χ0n) is 10.7. The van der Waals surface area contributed by atoms with E-state index in [0.29, 0.717) is 6.10 Å². The van der Waals surface area contributed by atoms with Gasteiger partial charge in [0, 0.05) is 12.5 Å². The fraction of sp³-hybridized carbons (Fsp3) is 0.857. The predicted molar refractivity (Wildman–Crippen MR) is 68.4 cm³/mol. The number of ether oxygens (including phenoxy) is 1. The zero-order chi connectivity index (χ0) is 11.6. The van der Waals surface area contributed by atoms with Gasteiger partial charge in [0.15, 0.2) is 0 Å². The molecular formula is C14H25NO. The number of hydrogen-bond donors (Lipinski definition) is 1. The summed E-state index contributed by atoms with van der Waals surface area (Å²) < 4.78 is 5.81. The molecule has 1 fully saturated rings. The van der Waals surface area contributed by atoms with Gasteiger partial charge in [-0.05, 0) is 45.6 Å². The highest BCUT2D eigenvalue weighted by molar-refractivity contribution is 4.94. The van der Waals surface area contributed by atoms with Crippen LogP contribution in [0.4, 0.5) is 0 Å². The van der Waals surface area contributed by atoms with Crippen LogP contribution in [0, 0.1) is 11.8 Å². The standard InChI is InChI=1S/C14H25NO/c1-3-5-6-12-16-14-9-7-13(8-10-14)15-11-4-2/h13-15H,4,6-12H2,1-2H3. The van der Waals surface area contributed by atoms with Crippen molar-refractivity contribution in [1.29, 1.82) is 0 Å². The van der Waals surface area contributed by atoms with Crippen molar-refractivity contribution in [1.82, 2.24) is 5.32 Å². The molecule has 0 aromatic carbocycles. The topological polar surface area (TPSA) is 21.3 Å². The molecular weight excluding hydrogens is 198 g/mol. The molecule has 1 aliphatic rings. The molecule has 0 amide bonds. The minimum absolute atomic E-state index is 0.485. The molecule has 16 heavy (non-hydrogen) atoms. The van der Waals surface area contributed by atoms with Crippen molar-refractivity contribution in [3.05, 3.63) is 0 Å². The van der Waals surface area contributed by atoms with Crippen LogP contribution >= 0.6 is 0 Å². The van der Waals surface area contributed by atoms with Crippen LogP contribution in [0.5, 0.6) is 0 Å². The summed E-state index contributed by atoms with van der Waals surface area (Å²) >= 11 is 0. The van der Waals surface area contributed by atoms with Crippen LogP contribution in [0.3, 0.4) is 0 Å². The first-order valence-corrected chi connectivity index (χ1v) is 6.61. The predicted octanol–water partition coefficient (Wildman–Crippen LogP) is 2.73. The van der Waals surface area contributed by atoms with Gasteiger partial charge in [-0.15, -0.1) is 11.8 Å². The Morgan fingerprint density at radius 3 is 2.62 bits per heavy atom. The summed E-state index contributed by atoms with van der Waals surface area (Å²) in [6, 6.07) is 0.732. The Labute approximate surface area is 100 Å². The molecule has 0 bridgehead atoms. The van der Waals surface area contributed by atoms with E-state index in [9.17, 15) is 0 Å². The van der Waals surface area contributed by atoms with Crippen LogP contribution in [-0.2, 0) is 4.74 Å². The molecule has 0 aromatic heterocycles. The van der Waals surface area contributed by atoms with Crippen molar-refractivity contribution in [3.63, 3.8) is 0 Å². The first-order chi connectivity index (χ1) is 7.86. The lowest BCUT2D eigenvalue weighted by Crippen LogP contribution is -2.35. The van der Waals surface area contributed by atoms with Crippen LogP contribution in [-0.4, -0.2) is 25.3 Å². The molecule has 0 saturated heterocycles. The average Bonchev–Trinajstić information content (AvgIpc) is 2.33. The van der Waals surface area contributed by atoms with E-state index < -0.39 is 0 Å². The molecule has 1 saturated carbocycles. The van der Waals surface area contributed by atoms with Gasteiger partial charge in [-0.25, -0.2) is 0 Å². The minimum Gasteiger partial charge on any atom is -0.377 e. The van der Waals surface area contributed by atoms with Gasteiger partial charge in [-0.3, -0.25) is 0 Å². The Hall–Kier alpha value is -0.520. The normalized spacial score (nSPS) is 24.9. The van der Waals surface area contributed by atoms with Crippen LogP contribution in [0.1, 0.15) is 52.4 Å². The highest BCUT2D eigenvalue weighted by atomic mass is 16.5. The van der Waals surface area contributed by atoms with Crippen LogP contribution in [0.25, 0.3) is 0 Å². The molecule has 2 heteroatoms. The van der Waals surface area contributed by atoms with Crippen molar-refractivity contribution in [3.8, 4) is 11.8 Å². The largest absolute Gasteiger partial charge is 0.377 e. The van der Waals surface area contributed by atoms with E-state index in [0.717, 1.165) is 25.6 Å². The van der Waals surface area contributed by atoms with Gasteiger partial charge in [0.05, 0.1) is 12.7 Å². The SMILES string of the molecule is CC#CCCOC1CCC(NCCC)CC1. The van der Waals surface area contributed by atoms with Crippen LogP contribution in [0.15, 0.2) is 0 Å². The first kappa shape index (κ1) is 13.5. The van der Waals surface area contributed by atoms with Gasteiger partial charge in [-0.2, -0.15) is 0 Å². The van der Waals surface area contributed by atoms with E-state index >= 15 is 0 Å². The molecule has 92 valence electrons. The van der Waals surface area contributed by atoms with E-state index in [4.69, 9.17) is 4.74 Å². The lowest BCUT2D eigenvalue weighted by Gasteiger charge is -2.29. The highest BCUT2D eigenvalue weighted by Gasteiger charge is 2.20. The Bertz CT molecular complexity index is 221. The maximum atomic E-state index is 5.81. The maximum Gasteiger partial charge on any atom is 0.0579 e. The first-order valence-electron chi connectivity index (χ1n) is 6.61. The van der Waals surface area contributed by atoms with Gasteiger partial charge in [0.1, 0.15) is 0 Å². The third-order valence-corrected chi connectivity index (χ3v) is 3.11. The van der Waals surface area contributed by atoms with Crippen molar-refractivity contribution in [2.24, 2.45) is 0 Å². The van der Waals surface area contributed by atoms with Crippen molar-refractivity contribution < 1.29 is 4.74 Å². The molecule has 0 atom stereocenters. The van der Waals surface area contributed by atoms with E-state index in [-0.39, 0.29) is 0 Å². The lowest BCUT2D eigenvalue weighted by atomic mass is 9.93. The molecule has 0 unspecified atom stereocenters. The summed E-state index contributed by atoms with van der Waals surface area (Å²) in [5, 5.41) is 3.59. The Morgan fingerprint density at radius 2 is 2.00 bits per heavy atom. The van der Waals surface area contributed by atoms with Crippen molar-refractivity contribution in [2.75, 3.05) is 13.2 Å². The van der Waals surface area contributed by atoms with Gasteiger partial charge >= 0.3 is 0 Å². The van der Waals surface area contributed by atoms with E-state index in [1.54, 1.807) is 0 Å². The summed E-state index contributed by atoms with van der Waals surface area (Å²) in [6.45, 7) is 6.06. The second-order valence-corrected chi connectivity index (χ2v) is 4.48. The maximum absolute atomic E-state index is 5.81. The quantitative estimate of drug-likeness (QED) is 0.552. The molecule has 0 aromatic rings. The van der Waals surface area contributed by atoms with Crippen LogP contribution in [0.2, 0.25) is 0 Å². The molecule has 0 radical (unpaired) electrons. The highest BCUT2D eigenvalue weighted by Crippen LogP contribution is 2.21. The summed E-state index contributed by atoms with van der Waals surface area (Å²) in [4.78, 5) is 0. The zero-order valence-corrected chi connectivity index (χ0v) is 10.7. The monoisotopic (exact) mass is 223 g/mol. The number of nitrogens with one attached hydrogen (secondary N) is 1. The Kier molecular flexibility index (Phi) is 7.29. The third kappa shape index (κ3) is 5.53. The minimum atomic E-state index is 0.485. The second kappa shape index (κ2) is 8.61. The van der Waals surface area contributed by atoms with Gasteiger partial charge in [0.2, 0.25) is 0 Å². The molecule has 2 nitrogen and oxygen atoms in total. The van der Waals surface area contributed by atoms with E-state index in [1.807, 2.05) is 6.92 Å². The molecule has 1 rings (SSSR count). The number of hydrogen-bond acceptors (Lipinski definition) is 2. The lowest BCUT2D eigenvalue weighted by molar-refractivity contribution is 0.0259. The van der Waals surface area contributed by atoms with Crippen molar-refractivity contribution in [2.45, 2.75) is 64.5 Å². The molecule has 0 spiro atoms. The Morgan fingerprint density at radius 1 is 1.25 bits per heavy atom. The molecule has 1 aliphatic carbocycles. The molecule has 0 heterocycles. The Balaban J connectivity index is 2.04. The van der Waals surface area contributed by atoms with Gasteiger partial charge in [0.25, 0.3) is 0 Å². The summed E-state index contributed by atoms with van der Waals surface area (Å²) in [6.07, 6.45) is 7.55. The summed E-state index contributed by atoms with van der Waals surface area (Å²) in [5.41, 5.74) is 0. The number of rotatable bonds is 6. The van der Waals surface area contributed by atoms with Crippen LogP contribution < -0.4 is 5.32 Å². The van der Waals surface area contributed by atoms with Gasteiger partial charge < -0.3 is 10.1 Å². The molecule has 0 aliphatic heterocycles. The third-order valence-electron chi connectivity index (χ3n) is 3.11.